The van der Waals surface area contributed by atoms with Crippen molar-refractivity contribution in [2.75, 3.05) is 6.61 Å². The largest absolute Gasteiger partial charge is 0.409 e. The van der Waals surface area contributed by atoms with E-state index in [0.717, 1.165) is 5.56 Å². The van der Waals surface area contributed by atoms with Gasteiger partial charge in [0.1, 0.15) is 5.84 Å². The van der Waals surface area contributed by atoms with Crippen LogP contribution < -0.4 is 5.73 Å². The normalized spacial score (nSPS) is 11.7. The monoisotopic (exact) mass is 228 g/mol. The lowest BCUT2D eigenvalue weighted by Gasteiger charge is -2.03. The zero-order valence-electron chi connectivity index (χ0n) is 8.19. The van der Waals surface area contributed by atoms with Gasteiger partial charge < -0.3 is 15.7 Å². The first kappa shape index (κ1) is 11.8. The number of rotatable bonds is 5. The van der Waals surface area contributed by atoms with Crippen molar-refractivity contribution in [3.8, 4) is 0 Å². The van der Waals surface area contributed by atoms with Gasteiger partial charge in [-0.3, -0.25) is 0 Å². The summed E-state index contributed by atoms with van der Waals surface area (Å²) in [4.78, 5) is 0. The molecule has 15 heavy (non-hydrogen) atoms. The van der Waals surface area contributed by atoms with E-state index in [-0.39, 0.29) is 5.84 Å². The van der Waals surface area contributed by atoms with Gasteiger partial charge in [-0.15, -0.1) is 0 Å². The summed E-state index contributed by atoms with van der Waals surface area (Å²) in [7, 11) is 0. The maximum absolute atomic E-state index is 8.28. The van der Waals surface area contributed by atoms with Crippen LogP contribution in [-0.4, -0.2) is 17.6 Å². The molecule has 0 fully saturated rings. The highest BCUT2D eigenvalue weighted by atomic mass is 35.5. The summed E-state index contributed by atoms with van der Waals surface area (Å²) in [6.45, 7) is 0.891. The summed E-state index contributed by atoms with van der Waals surface area (Å²) in [5.74, 6) is 0.168. The number of benzene rings is 1. The third-order valence-electron chi connectivity index (χ3n) is 1.79. The predicted molar refractivity (Wildman–Crippen MR) is 59.1 cm³/mol. The van der Waals surface area contributed by atoms with Crippen LogP contribution in [0.15, 0.2) is 29.4 Å². The van der Waals surface area contributed by atoms with Crippen molar-refractivity contribution in [1.29, 1.82) is 0 Å². The van der Waals surface area contributed by atoms with Crippen LogP contribution in [-0.2, 0) is 11.3 Å². The molecule has 0 saturated heterocycles. The second-order valence-electron chi connectivity index (χ2n) is 3.02. The maximum Gasteiger partial charge on any atom is 0.141 e. The van der Waals surface area contributed by atoms with Gasteiger partial charge in [0.25, 0.3) is 0 Å². The fourth-order valence-electron chi connectivity index (χ4n) is 1.04. The third-order valence-corrected chi connectivity index (χ3v) is 2.02. The second kappa shape index (κ2) is 6.27. The molecular formula is C10H13ClN2O2. The lowest BCUT2D eigenvalue weighted by molar-refractivity contribution is 0.127. The van der Waals surface area contributed by atoms with E-state index in [1.54, 1.807) is 0 Å². The molecule has 82 valence electrons. The number of amidine groups is 1. The minimum Gasteiger partial charge on any atom is -0.409 e. The molecule has 0 bridgehead atoms. The summed E-state index contributed by atoms with van der Waals surface area (Å²) in [6, 6.07) is 7.44. The molecule has 0 saturated carbocycles. The van der Waals surface area contributed by atoms with Crippen LogP contribution in [0.1, 0.15) is 12.0 Å². The molecule has 0 amide bonds. The molecular weight excluding hydrogens is 216 g/mol. The standard InChI is InChI=1S/C10H13ClN2O2/c11-9-3-1-2-8(6-9)7-15-5-4-10(12)13-14/h1-3,6,14H,4-5,7H2,(H2,12,13). The molecule has 0 aromatic heterocycles. The maximum atomic E-state index is 8.28. The van der Waals surface area contributed by atoms with Gasteiger partial charge in [-0.05, 0) is 17.7 Å². The summed E-state index contributed by atoms with van der Waals surface area (Å²) < 4.78 is 5.32. The number of hydrogen-bond acceptors (Lipinski definition) is 3. The summed E-state index contributed by atoms with van der Waals surface area (Å²) in [6.07, 6.45) is 0.414. The Hall–Kier alpha value is -1.26. The second-order valence-corrected chi connectivity index (χ2v) is 3.46. The van der Waals surface area contributed by atoms with Gasteiger partial charge in [0, 0.05) is 11.4 Å². The van der Waals surface area contributed by atoms with Crippen molar-refractivity contribution in [2.45, 2.75) is 13.0 Å². The highest BCUT2D eigenvalue weighted by Crippen LogP contribution is 2.11. The first-order valence-electron chi connectivity index (χ1n) is 4.51. The molecule has 0 atom stereocenters. The highest BCUT2D eigenvalue weighted by Gasteiger charge is 1.96. The SMILES string of the molecule is NC(CCOCc1cccc(Cl)c1)=NO. The van der Waals surface area contributed by atoms with Gasteiger partial charge >= 0.3 is 0 Å². The molecule has 3 N–H and O–H groups in total. The van der Waals surface area contributed by atoms with Gasteiger partial charge in [0.05, 0.1) is 13.2 Å². The molecule has 0 spiro atoms. The summed E-state index contributed by atoms with van der Waals surface area (Å²) in [5, 5.41) is 11.8. The Morgan fingerprint density at radius 1 is 1.53 bits per heavy atom. The molecule has 5 heteroatoms. The van der Waals surface area contributed by atoms with Crippen LogP contribution in [0.5, 0.6) is 0 Å². The zero-order valence-corrected chi connectivity index (χ0v) is 8.94. The molecule has 0 heterocycles. The van der Waals surface area contributed by atoms with Crippen LogP contribution in [0.2, 0.25) is 5.02 Å². The molecule has 0 aliphatic carbocycles. The van der Waals surface area contributed by atoms with Crippen LogP contribution in [0, 0.1) is 0 Å². The van der Waals surface area contributed by atoms with E-state index < -0.39 is 0 Å². The average Bonchev–Trinajstić information content (AvgIpc) is 2.24. The predicted octanol–water partition coefficient (Wildman–Crippen LogP) is 1.99. The average molecular weight is 229 g/mol. The first-order chi connectivity index (χ1) is 7.22. The summed E-state index contributed by atoms with van der Waals surface area (Å²) >= 11 is 5.80. The van der Waals surface area contributed by atoms with Gasteiger partial charge in [-0.25, -0.2) is 0 Å². The van der Waals surface area contributed by atoms with E-state index in [1.807, 2.05) is 24.3 Å². The first-order valence-corrected chi connectivity index (χ1v) is 4.89. The lowest BCUT2D eigenvalue weighted by atomic mass is 10.2. The molecule has 1 aromatic carbocycles. The minimum absolute atomic E-state index is 0.168. The lowest BCUT2D eigenvalue weighted by Crippen LogP contribution is -2.14. The van der Waals surface area contributed by atoms with Crippen molar-refractivity contribution < 1.29 is 9.94 Å². The summed E-state index contributed by atoms with van der Waals surface area (Å²) in [5.41, 5.74) is 6.28. The van der Waals surface area contributed by atoms with E-state index in [1.165, 1.54) is 0 Å². The molecule has 1 aromatic rings. The number of halogens is 1. The number of oxime groups is 1. The molecule has 0 unspecified atom stereocenters. The highest BCUT2D eigenvalue weighted by molar-refractivity contribution is 6.30. The van der Waals surface area contributed by atoms with Crippen LogP contribution in [0.3, 0.4) is 0 Å². The minimum atomic E-state index is 0.168. The molecule has 1 rings (SSSR count). The topological polar surface area (TPSA) is 67.8 Å². The van der Waals surface area contributed by atoms with Crippen LogP contribution >= 0.6 is 11.6 Å². The van der Waals surface area contributed by atoms with Crippen molar-refractivity contribution in [3.63, 3.8) is 0 Å². The van der Waals surface area contributed by atoms with E-state index in [0.29, 0.717) is 24.7 Å². The van der Waals surface area contributed by atoms with Crippen molar-refractivity contribution in [2.24, 2.45) is 10.9 Å². The van der Waals surface area contributed by atoms with Crippen molar-refractivity contribution in [3.05, 3.63) is 34.9 Å². The third kappa shape index (κ3) is 4.67. The zero-order chi connectivity index (χ0) is 11.1. The smallest absolute Gasteiger partial charge is 0.141 e. The molecule has 0 radical (unpaired) electrons. The Bertz CT molecular complexity index is 342. The molecule has 4 nitrogen and oxygen atoms in total. The molecule has 0 aliphatic rings. The fourth-order valence-corrected chi connectivity index (χ4v) is 1.26. The van der Waals surface area contributed by atoms with E-state index >= 15 is 0 Å². The quantitative estimate of drug-likeness (QED) is 0.266. The fraction of sp³-hybridized carbons (Fsp3) is 0.300. The van der Waals surface area contributed by atoms with Crippen LogP contribution in [0.25, 0.3) is 0 Å². The Labute approximate surface area is 93.3 Å². The number of nitrogens with two attached hydrogens (primary N) is 1. The number of ether oxygens (including phenoxy) is 1. The van der Waals surface area contributed by atoms with Crippen LogP contribution in [0.4, 0.5) is 0 Å². The van der Waals surface area contributed by atoms with E-state index in [2.05, 4.69) is 5.16 Å². The van der Waals surface area contributed by atoms with Gasteiger partial charge in [-0.1, -0.05) is 28.9 Å². The van der Waals surface area contributed by atoms with Gasteiger partial charge in [-0.2, -0.15) is 0 Å². The van der Waals surface area contributed by atoms with Gasteiger partial charge in [0.15, 0.2) is 0 Å². The van der Waals surface area contributed by atoms with E-state index in [9.17, 15) is 0 Å². The Morgan fingerprint density at radius 3 is 3.00 bits per heavy atom. The molecule has 0 aliphatic heterocycles. The van der Waals surface area contributed by atoms with Gasteiger partial charge in [0.2, 0.25) is 0 Å². The number of hydrogen-bond donors (Lipinski definition) is 2. The van der Waals surface area contributed by atoms with Crippen molar-refractivity contribution >= 4 is 17.4 Å². The Kier molecular flexibility index (Phi) is 4.93. The Morgan fingerprint density at radius 2 is 2.33 bits per heavy atom. The number of nitrogens with zero attached hydrogens (tertiary/aromatic N) is 1. The van der Waals surface area contributed by atoms with Crippen molar-refractivity contribution in [1.82, 2.24) is 0 Å². The van der Waals surface area contributed by atoms with E-state index in [4.69, 9.17) is 27.3 Å². The Balaban J connectivity index is 2.26.